The SMILES string of the molecule is CC(=O)N1CCc2c(c(Nc3ccc(-c4cnn(C)c4)cc3F)nn2C2CCN(CCC3CCN(c4ncc(C(=O)NC5C(C)(C)C(Oc6ccc(C#N)c(Cl)c6)C5(C)C)cn4)CC3)CC2)C1. The number of nitrogens with zero attached hydrogens (tertiary/aromatic N) is 10. The van der Waals surface area contributed by atoms with Crippen molar-refractivity contribution in [1.29, 1.82) is 5.26 Å². The molecule has 15 nitrogen and oxygen atoms in total. The van der Waals surface area contributed by atoms with Crippen LogP contribution in [0.1, 0.15) is 99.9 Å². The summed E-state index contributed by atoms with van der Waals surface area (Å²) in [5.41, 5.74) is 4.08. The summed E-state index contributed by atoms with van der Waals surface area (Å²) < 4.78 is 25.8. The van der Waals surface area contributed by atoms with Crippen LogP contribution in [0.25, 0.3) is 11.1 Å². The van der Waals surface area contributed by atoms with E-state index in [9.17, 15) is 14.9 Å². The summed E-state index contributed by atoms with van der Waals surface area (Å²) in [6.45, 7) is 15.8. The Balaban J connectivity index is 0.743. The van der Waals surface area contributed by atoms with Crippen molar-refractivity contribution in [2.45, 2.75) is 97.9 Å². The minimum absolute atomic E-state index is 0.0219. The second kappa shape index (κ2) is 18.6. The molecule has 5 aromatic rings. The van der Waals surface area contributed by atoms with Crippen LogP contribution in [0.5, 0.6) is 5.75 Å². The van der Waals surface area contributed by atoms with Gasteiger partial charge >= 0.3 is 0 Å². The van der Waals surface area contributed by atoms with E-state index in [1.54, 1.807) is 54.5 Å². The van der Waals surface area contributed by atoms with Gasteiger partial charge in [0, 0.05) is 111 Å². The number of rotatable bonds is 12. The normalized spacial score (nSPS) is 20.7. The average Bonchev–Trinajstić information content (AvgIpc) is 3.93. The minimum atomic E-state index is -0.383. The molecule has 1 aliphatic carbocycles. The van der Waals surface area contributed by atoms with Gasteiger partial charge in [-0.25, -0.2) is 14.4 Å². The number of carbonyl (C=O) groups is 2. The second-order valence-corrected chi connectivity index (χ2v) is 20.4. The zero-order valence-corrected chi connectivity index (χ0v) is 40.0. The lowest BCUT2D eigenvalue weighted by molar-refractivity contribution is -0.164. The van der Waals surface area contributed by atoms with Crippen LogP contribution in [0.2, 0.25) is 5.02 Å². The molecule has 2 aromatic carbocycles. The molecule has 352 valence electrons. The Morgan fingerprint density at radius 3 is 2.33 bits per heavy atom. The number of anilines is 3. The number of aromatic nitrogens is 6. The van der Waals surface area contributed by atoms with E-state index in [1.807, 2.05) is 24.2 Å². The van der Waals surface area contributed by atoms with Crippen molar-refractivity contribution in [3.05, 3.63) is 94.4 Å². The molecule has 6 heterocycles. The molecule has 2 amide bonds. The minimum Gasteiger partial charge on any atom is -0.489 e. The molecule has 0 radical (unpaired) electrons. The number of halogens is 2. The topological polar surface area (TPSA) is 162 Å². The molecular formula is C50H60ClFN12O3. The number of piperidine rings is 2. The number of fused-ring (bicyclic) bond motifs is 1. The van der Waals surface area contributed by atoms with E-state index in [0.29, 0.717) is 64.8 Å². The largest absolute Gasteiger partial charge is 0.489 e. The van der Waals surface area contributed by atoms with Gasteiger partial charge < -0.3 is 30.1 Å². The van der Waals surface area contributed by atoms with Crippen molar-refractivity contribution >= 4 is 40.9 Å². The van der Waals surface area contributed by atoms with E-state index >= 15 is 4.39 Å². The monoisotopic (exact) mass is 930 g/mol. The van der Waals surface area contributed by atoms with Crippen molar-refractivity contribution in [3.8, 4) is 22.9 Å². The number of ether oxygens (including phenoxy) is 1. The molecule has 3 aliphatic heterocycles. The summed E-state index contributed by atoms with van der Waals surface area (Å²) in [4.78, 5) is 41.8. The molecular weight excluding hydrogens is 871 g/mol. The number of aryl methyl sites for hydroxylation is 1. The van der Waals surface area contributed by atoms with Gasteiger partial charge in [0.1, 0.15) is 23.7 Å². The molecule has 2 N–H and O–H groups in total. The molecule has 1 saturated carbocycles. The number of hydrogen-bond acceptors (Lipinski definition) is 11. The summed E-state index contributed by atoms with van der Waals surface area (Å²) in [7, 11) is 1.84. The quantitative estimate of drug-likeness (QED) is 0.125. The lowest BCUT2D eigenvalue weighted by Gasteiger charge is -2.63. The summed E-state index contributed by atoms with van der Waals surface area (Å²) in [5, 5.41) is 25.4. The Morgan fingerprint density at radius 1 is 0.955 bits per heavy atom. The zero-order valence-electron chi connectivity index (χ0n) is 39.2. The van der Waals surface area contributed by atoms with Gasteiger partial charge in [0.15, 0.2) is 5.82 Å². The summed E-state index contributed by atoms with van der Waals surface area (Å²) in [6.07, 6.45) is 12.5. The lowest BCUT2D eigenvalue weighted by Crippen LogP contribution is -2.74. The Morgan fingerprint density at radius 2 is 1.69 bits per heavy atom. The third kappa shape index (κ3) is 9.32. The van der Waals surface area contributed by atoms with Gasteiger partial charge in [0.05, 0.1) is 40.6 Å². The smallest absolute Gasteiger partial charge is 0.254 e. The van der Waals surface area contributed by atoms with E-state index < -0.39 is 0 Å². The fourth-order valence-electron chi connectivity index (χ4n) is 11.2. The second-order valence-electron chi connectivity index (χ2n) is 20.0. The number of amides is 2. The Kier molecular flexibility index (Phi) is 12.8. The van der Waals surface area contributed by atoms with Crippen LogP contribution < -0.4 is 20.3 Å². The van der Waals surface area contributed by atoms with Crippen molar-refractivity contribution in [2.75, 3.05) is 49.5 Å². The van der Waals surface area contributed by atoms with E-state index in [4.69, 9.17) is 21.4 Å². The van der Waals surface area contributed by atoms with Gasteiger partial charge in [-0.15, -0.1) is 0 Å². The van der Waals surface area contributed by atoms with Gasteiger partial charge in [-0.2, -0.15) is 15.5 Å². The maximum Gasteiger partial charge on any atom is 0.254 e. The number of likely N-dealkylation sites (tertiary alicyclic amines) is 1. The first-order chi connectivity index (χ1) is 32.1. The number of carbonyl (C=O) groups excluding carboxylic acids is 2. The van der Waals surface area contributed by atoms with Crippen molar-refractivity contribution in [3.63, 3.8) is 0 Å². The van der Waals surface area contributed by atoms with Crippen LogP contribution in [0.15, 0.2) is 61.2 Å². The fraction of sp³-hybridized carbons (Fsp3) is 0.500. The first-order valence-electron chi connectivity index (χ1n) is 23.5. The van der Waals surface area contributed by atoms with Gasteiger partial charge in [0.2, 0.25) is 11.9 Å². The first kappa shape index (κ1) is 46.1. The van der Waals surface area contributed by atoms with Crippen LogP contribution in [-0.4, -0.2) is 103 Å². The highest BCUT2D eigenvalue weighted by atomic mass is 35.5. The highest BCUT2D eigenvalue weighted by Gasteiger charge is 2.64. The van der Waals surface area contributed by atoms with E-state index in [1.165, 1.54) is 6.07 Å². The number of benzene rings is 2. The van der Waals surface area contributed by atoms with Gasteiger partial charge in [-0.05, 0) is 74.4 Å². The maximum atomic E-state index is 15.5. The van der Waals surface area contributed by atoms with E-state index in [2.05, 4.69) is 73.9 Å². The Bertz CT molecular complexity index is 2660. The first-order valence-corrected chi connectivity index (χ1v) is 23.8. The molecule has 17 heteroatoms. The van der Waals surface area contributed by atoms with Crippen molar-refractivity contribution in [2.24, 2.45) is 23.8 Å². The van der Waals surface area contributed by atoms with E-state index in [-0.39, 0.29) is 46.6 Å². The molecule has 0 spiro atoms. The average molecular weight is 932 g/mol. The molecule has 3 fully saturated rings. The number of nitrogens with one attached hydrogen (secondary N) is 2. The molecule has 0 atom stereocenters. The third-order valence-electron chi connectivity index (χ3n) is 14.8. The van der Waals surface area contributed by atoms with Gasteiger partial charge in [-0.1, -0.05) is 45.4 Å². The highest BCUT2D eigenvalue weighted by molar-refractivity contribution is 6.31. The van der Waals surface area contributed by atoms with Crippen molar-refractivity contribution < 1.29 is 18.7 Å². The molecule has 0 unspecified atom stereocenters. The van der Waals surface area contributed by atoms with Gasteiger partial charge in [-0.3, -0.25) is 19.0 Å². The van der Waals surface area contributed by atoms with Crippen molar-refractivity contribution in [1.82, 2.24) is 44.6 Å². The Hall–Kier alpha value is -6.05. The molecule has 2 saturated heterocycles. The van der Waals surface area contributed by atoms with E-state index in [0.717, 1.165) is 87.2 Å². The predicted molar refractivity (Wildman–Crippen MR) is 255 cm³/mol. The molecule has 4 aliphatic rings. The van der Waals surface area contributed by atoms with Crippen LogP contribution in [0.3, 0.4) is 0 Å². The summed E-state index contributed by atoms with van der Waals surface area (Å²) in [6, 6.07) is 12.4. The lowest BCUT2D eigenvalue weighted by atomic mass is 9.49. The standard InChI is InChI=1S/C50H60ClFN12O3/c1-31(65)63-22-16-43-39(30-63)44(57-42-10-8-33(23-41(42)52)36-28-56-60(6)29-36)59-64(43)37-14-18-61(19-15-37)17-11-32-12-20-62(21-13-32)48-54-26-35(27-55-48)45(66)58-46-49(2,3)47(50(46,4)5)67-38-9-7-34(25-53)40(51)24-38/h7-10,23-24,26-29,32,37,46-47H,11-22,30H2,1-6H3,(H,57,59)(H,58,66). The molecule has 9 rings (SSSR count). The zero-order chi connectivity index (χ0) is 47.2. The Labute approximate surface area is 396 Å². The van der Waals surface area contributed by atoms with Crippen LogP contribution in [-0.2, 0) is 24.8 Å². The third-order valence-corrected chi connectivity index (χ3v) is 15.1. The molecule has 3 aromatic heterocycles. The fourth-order valence-corrected chi connectivity index (χ4v) is 11.4. The molecule has 67 heavy (non-hydrogen) atoms. The predicted octanol–water partition coefficient (Wildman–Crippen LogP) is 7.94. The number of nitriles is 1. The van der Waals surface area contributed by atoms with Crippen LogP contribution in [0, 0.1) is 33.9 Å². The summed E-state index contributed by atoms with van der Waals surface area (Å²) in [5.74, 6) is 1.89. The summed E-state index contributed by atoms with van der Waals surface area (Å²) >= 11 is 6.27. The highest BCUT2D eigenvalue weighted by Crippen LogP contribution is 2.55. The maximum absolute atomic E-state index is 15.5. The van der Waals surface area contributed by atoms with Crippen LogP contribution in [0.4, 0.5) is 21.8 Å². The van der Waals surface area contributed by atoms with Crippen LogP contribution >= 0.6 is 11.6 Å². The van der Waals surface area contributed by atoms with Gasteiger partial charge in [0.25, 0.3) is 5.91 Å². The molecule has 0 bridgehead atoms. The number of hydrogen-bond donors (Lipinski definition) is 2.